The highest BCUT2D eigenvalue weighted by Gasteiger charge is 2.24. The summed E-state index contributed by atoms with van der Waals surface area (Å²) in [6.45, 7) is 2.83. The van der Waals surface area contributed by atoms with Gasteiger partial charge in [0, 0.05) is 30.1 Å². The van der Waals surface area contributed by atoms with Gasteiger partial charge in [-0.1, -0.05) is 43.3 Å². The van der Waals surface area contributed by atoms with Gasteiger partial charge in [0.1, 0.15) is 11.6 Å². The summed E-state index contributed by atoms with van der Waals surface area (Å²) in [5, 5.41) is 2.63. The van der Waals surface area contributed by atoms with E-state index in [9.17, 15) is 22.4 Å². The third-order valence-corrected chi connectivity index (χ3v) is 8.32. The quantitative estimate of drug-likeness (QED) is 0.460. The van der Waals surface area contributed by atoms with Gasteiger partial charge >= 0.3 is 0 Å². The molecule has 0 saturated carbocycles. The van der Waals surface area contributed by atoms with Crippen molar-refractivity contribution in [2.75, 3.05) is 29.9 Å². The Kier molecular flexibility index (Phi) is 8.38. The van der Waals surface area contributed by atoms with Gasteiger partial charge in [-0.25, -0.2) is 12.8 Å². The van der Waals surface area contributed by atoms with Crippen LogP contribution in [-0.4, -0.2) is 49.7 Å². The van der Waals surface area contributed by atoms with Crippen LogP contribution in [0.4, 0.5) is 10.1 Å². The molecule has 3 aromatic carbocycles. The lowest BCUT2D eigenvalue weighted by molar-refractivity contribution is -0.113. The fraction of sp³-hybridized carbons (Fsp3) is 0.310. The third-order valence-electron chi connectivity index (χ3n) is 6.74. The molecule has 194 valence electrons. The Bertz CT molecular complexity index is 1350. The minimum atomic E-state index is -3.37. The number of sulfone groups is 1. The number of benzene rings is 3. The van der Waals surface area contributed by atoms with Gasteiger partial charge in [0.15, 0.2) is 9.84 Å². The Balaban J connectivity index is 1.28. The normalized spacial score (nSPS) is 14.4. The minimum Gasteiger partial charge on any atom is -0.339 e. The molecule has 0 unspecified atom stereocenters. The van der Waals surface area contributed by atoms with E-state index in [1.165, 1.54) is 19.1 Å². The first-order chi connectivity index (χ1) is 17.7. The van der Waals surface area contributed by atoms with E-state index < -0.39 is 21.5 Å². The van der Waals surface area contributed by atoms with E-state index in [-0.39, 0.29) is 17.5 Å². The van der Waals surface area contributed by atoms with E-state index in [0.717, 1.165) is 29.5 Å². The van der Waals surface area contributed by atoms with Crippen molar-refractivity contribution in [3.05, 3.63) is 101 Å². The summed E-state index contributed by atoms with van der Waals surface area (Å²) in [6, 6.07) is 21.5. The highest BCUT2D eigenvalue weighted by atomic mass is 32.2. The second kappa shape index (κ2) is 11.7. The van der Waals surface area contributed by atoms with Gasteiger partial charge in [-0.05, 0) is 78.3 Å². The van der Waals surface area contributed by atoms with E-state index in [0.29, 0.717) is 36.7 Å². The van der Waals surface area contributed by atoms with Crippen molar-refractivity contribution in [2.24, 2.45) is 0 Å². The lowest BCUT2D eigenvalue weighted by Crippen LogP contribution is -2.37. The number of hydrogen-bond donors (Lipinski definition) is 1. The number of likely N-dealkylation sites (tertiary alicyclic amines) is 1. The fourth-order valence-electron chi connectivity index (χ4n) is 4.58. The largest absolute Gasteiger partial charge is 0.339 e. The van der Waals surface area contributed by atoms with Crippen molar-refractivity contribution in [1.29, 1.82) is 0 Å². The summed E-state index contributed by atoms with van der Waals surface area (Å²) in [5.41, 5.74) is 4.25. The SMILES string of the molecule is CCS(=O)(=O)CC(=O)Nc1ccc(C2CCN(C(=O)c3ccc(Cc4cccc(F)c4)cc3)CC2)cc1. The number of nitrogens with one attached hydrogen (secondary N) is 1. The van der Waals surface area contributed by atoms with E-state index >= 15 is 0 Å². The molecule has 1 aliphatic heterocycles. The standard InChI is InChI=1S/C29H31FN2O4S/c1-2-37(35,36)20-28(33)31-27-12-10-23(11-13-27)24-14-16-32(17-15-24)29(34)25-8-6-21(7-9-25)18-22-4-3-5-26(30)19-22/h3-13,19,24H,2,14-18,20H2,1H3,(H,31,33). The fourth-order valence-corrected chi connectivity index (χ4v) is 5.26. The maximum Gasteiger partial charge on any atom is 0.253 e. The monoisotopic (exact) mass is 522 g/mol. The maximum atomic E-state index is 13.4. The molecule has 1 aliphatic rings. The van der Waals surface area contributed by atoms with Crippen LogP contribution in [0.2, 0.25) is 0 Å². The highest BCUT2D eigenvalue weighted by molar-refractivity contribution is 7.92. The second-order valence-electron chi connectivity index (χ2n) is 9.42. The molecule has 0 atom stereocenters. The predicted octanol–water partition coefficient (Wildman–Crippen LogP) is 4.81. The van der Waals surface area contributed by atoms with Crippen LogP contribution < -0.4 is 5.32 Å². The number of nitrogens with zero attached hydrogens (tertiary/aromatic N) is 1. The molecule has 4 rings (SSSR count). The molecule has 1 N–H and O–H groups in total. The predicted molar refractivity (Wildman–Crippen MR) is 143 cm³/mol. The first-order valence-corrected chi connectivity index (χ1v) is 14.3. The summed E-state index contributed by atoms with van der Waals surface area (Å²) in [4.78, 5) is 26.9. The van der Waals surface area contributed by atoms with Gasteiger partial charge in [-0.15, -0.1) is 0 Å². The molecule has 0 bridgehead atoms. The number of amides is 2. The Hall–Kier alpha value is -3.52. The average molecular weight is 523 g/mol. The summed E-state index contributed by atoms with van der Waals surface area (Å²) < 4.78 is 36.7. The molecule has 0 radical (unpaired) electrons. The molecule has 37 heavy (non-hydrogen) atoms. The summed E-state index contributed by atoms with van der Waals surface area (Å²) in [7, 11) is -3.37. The summed E-state index contributed by atoms with van der Waals surface area (Å²) >= 11 is 0. The van der Waals surface area contributed by atoms with Crippen LogP contribution in [0.3, 0.4) is 0 Å². The number of hydrogen-bond acceptors (Lipinski definition) is 4. The molecule has 1 saturated heterocycles. The van der Waals surface area contributed by atoms with E-state index in [4.69, 9.17) is 0 Å². The number of carbonyl (C=O) groups excluding carboxylic acids is 2. The number of carbonyl (C=O) groups is 2. The van der Waals surface area contributed by atoms with Crippen LogP contribution in [0.5, 0.6) is 0 Å². The zero-order chi connectivity index (χ0) is 26.4. The molecule has 6 nitrogen and oxygen atoms in total. The molecular formula is C29H31FN2O4S. The molecule has 0 spiro atoms. The lowest BCUT2D eigenvalue weighted by Gasteiger charge is -2.32. The van der Waals surface area contributed by atoms with Gasteiger partial charge in [-0.2, -0.15) is 0 Å². The van der Waals surface area contributed by atoms with Crippen LogP contribution in [0.1, 0.15) is 52.7 Å². The number of piperidine rings is 1. The minimum absolute atomic E-state index is 0.0100. The lowest BCUT2D eigenvalue weighted by atomic mass is 9.89. The van der Waals surface area contributed by atoms with Crippen LogP contribution in [-0.2, 0) is 21.1 Å². The summed E-state index contributed by atoms with van der Waals surface area (Å²) in [6.07, 6.45) is 2.28. The molecular weight excluding hydrogens is 491 g/mol. The Morgan fingerprint density at radius 1 is 0.946 bits per heavy atom. The molecule has 1 heterocycles. The topological polar surface area (TPSA) is 83.6 Å². The summed E-state index contributed by atoms with van der Waals surface area (Å²) in [5.74, 6) is -1.06. The van der Waals surface area contributed by atoms with Gasteiger partial charge in [-0.3, -0.25) is 9.59 Å². The van der Waals surface area contributed by atoms with E-state index in [2.05, 4.69) is 5.32 Å². The van der Waals surface area contributed by atoms with Crippen molar-refractivity contribution >= 4 is 27.3 Å². The zero-order valence-corrected chi connectivity index (χ0v) is 21.6. The van der Waals surface area contributed by atoms with Crippen LogP contribution in [0, 0.1) is 5.82 Å². The molecule has 2 amide bonds. The van der Waals surface area contributed by atoms with E-state index in [1.54, 1.807) is 18.2 Å². The Labute approximate surface area is 217 Å². The van der Waals surface area contributed by atoms with Crippen LogP contribution >= 0.6 is 0 Å². The van der Waals surface area contributed by atoms with Gasteiger partial charge in [0.2, 0.25) is 5.91 Å². The molecule has 0 aromatic heterocycles. The second-order valence-corrected chi connectivity index (χ2v) is 11.8. The number of anilines is 1. The first-order valence-electron chi connectivity index (χ1n) is 12.5. The van der Waals surface area contributed by atoms with Crippen molar-refractivity contribution in [3.8, 4) is 0 Å². The van der Waals surface area contributed by atoms with Crippen molar-refractivity contribution in [3.63, 3.8) is 0 Å². The maximum absolute atomic E-state index is 13.4. The number of rotatable bonds is 8. The molecule has 0 aliphatic carbocycles. The molecule has 1 fully saturated rings. The van der Waals surface area contributed by atoms with Gasteiger partial charge in [0.05, 0.1) is 0 Å². The Morgan fingerprint density at radius 3 is 2.24 bits per heavy atom. The van der Waals surface area contributed by atoms with Crippen molar-refractivity contribution < 1.29 is 22.4 Å². The average Bonchev–Trinajstić information content (AvgIpc) is 2.89. The van der Waals surface area contributed by atoms with Gasteiger partial charge < -0.3 is 10.2 Å². The van der Waals surface area contributed by atoms with Crippen LogP contribution in [0.25, 0.3) is 0 Å². The first kappa shape index (κ1) is 26.5. The highest BCUT2D eigenvalue weighted by Crippen LogP contribution is 2.29. The van der Waals surface area contributed by atoms with Crippen molar-refractivity contribution in [1.82, 2.24) is 4.90 Å². The molecule has 3 aromatic rings. The number of halogens is 1. The smallest absolute Gasteiger partial charge is 0.253 e. The Morgan fingerprint density at radius 2 is 1.62 bits per heavy atom. The van der Waals surface area contributed by atoms with Crippen LogP contribution in [0.15, 0.2) is 72.8 Å². The zero-order valence-electron chi connectivity index (χ0n) is 20.8. The van der Waals surface area contributed by atoms with Crippen molar-refractivity contribution in [2.45, 2.75) is 32.1 Å². The molecule has 8 heteroatoms. The third kappa shape index (κ3) is 7.26. The van der Waals surface area contributed by atoms with E-state index in [1.807, 2.05) is 47.4 Å². The van der Waals surface area contributed by atoms with Gasteiger partial charge in [0.25, 0.3) is 5.91 Å².